The summed E-state index contributed by atoms with van der Waals surface area (Å²) in [5.41, 5.74) is 2.47. The lowest BCUT2D eigenvalue weighted by Crippen LogP contribution is -2.52. The third-order valence-corrected chi connectivity index (χ3v) is 10.3. The molecule has 2 bridgehead atoms. The summed E-state index contributed by atoms with van der Waals surface area (Å²) in [6.45, 7) is 6.81. The number of hydrogen-bond acceptors (Lipinski definition) is 11. The fourth-order valence-electron chi connectivity index (χ4n) is 7.35. The zero-order chi connectivity index (χ0) is 33.7. The van der Waals surface area contributed by atoms with Gasteiger partial charge in [-0.2, -0.15) is 5.10 Å². The highest BCUT2D eigenvalue weighted by molar-refractivity contribution is 6.32. The van der Waals surface area contributed by atoms with Crippen LogP contribution < -0.4 is 14.8 Å². The van der Waals surface area contributed by atoms with Crippen molar-refractivity contribution in [3.05, 3.63) is 54.5 Å². The Labute approximate surface area is 292 Å². The summed E-state index contributed by atoms with van der Waals surface area (Å²) in [5, 5.41) is 13.0. The maximum atomic E-state index is 6.48. The molecule has 0 amide bonds. The van der Waals surface area contributed by atoms with Crippen LogP contribution in [0.5, 0.6) is 11.6 Å². The van der Waals surface area contributed by atoms with E-state index in [1.54, 1.807) is 30.5 Å². The van der Waals surface area contributed by atoms with Crippen LogP contribution in [0.1, 0.15) is 64.8 Å². The second kappa shape index (κ2) is 15.4. The minimum Gasteiger partial charge on any atom is -0.487 e. The van der Waals surface area contributed by atoms with E-state index in [0.29, 0.717) is 59.9 Å². The van der Waals surface area contributed by atoms with Gasteiger partial charge in [0.2, 0.25) is 5.95 Å². The lowest BCUT2D eigenvalue weighted by Gasteiger charge is -2.43. The zero-order valence-electron chi connectivity index (χ0n) is 28.4. The first-order chi connectivity index (χ1) is 23.9. The number of hydrogen-bond donors (Lipinski definition) is 1. The summed E-state index contributed by atoms with van der Waals surface area (Å²) < 4.78 is 27.4. The maximum absolute atomic E-state index is 6.48. The highest BCUT2D eigenvalue weighted by Gasteiger charge is 2.42. The van der Waals surface area contributed by atoms with Gasteiger partial charge in [-0.3, -0.25) is 9.58 Å². The molecule has 0 radical (unpaired) electrons. The van der Waals surface area contributed by atoms with Crippen LogP contribution in [0.4, 0.5) is 11.6 Å². The molecule has 4 aromatic rings. The third kappa shape index (κ3) is 8.01. The zero-order valence-corrected chi connectivity index (χ0v) is 29.2. The molecule has 7 rings (SSSR count). The van der Waals surface area contributed by atoms with Crippen LogP contribution in [-0.2, 0) is 16.0 Å². The highest BCUT2D eigenvalue weighted by atomic mass is 35.5. The SMILES string of the molecule is CO[C@@H](C)CCOc1nn(C2CCC(N3[C@@H]4CC[C@H]3COC4)CC2)cc1Nc1ncc(-c2ccc(Cl)c(O[C@@H](C)Cn3cncn3)c2)cn1. The molecule has 0 unspecified atom stereocenters. The number of morpholine rings is 1. The third-order valence-electron chi connectivity index (χ3n) is 10.0. The maximum Gasteiger partial charge on any atom is 0.256 e. The van der Waals surface area contributed by atoms with Gasteiger partial charge in [0.05, 0.1) is 49.7 Å². The number of ether oxygens (including phenoxy) is 4. The van der Waals surface area contributed by atoms with Crippen LogP contribution in [0.25, 0.3) is 11.1 Å². The fraction of sp³-hybridized carbons (Fsp3) is 0.571. The van der Waals surface area contributed by atoms with E-state index >= 15 is 0 Å². The molecule has 2 aliphatic heterocycles. The van der Waals surface area contributed by atoms with Crippen molar-refractivity contribution in [3.8, 4) is 22.8 Å². The first kappa shape index (κ1) is 33.7. The molecule has 1 N–H and O–H groups in total. The number of anilines is 2. The van der Waals surface area contributed by atoms with Gasteiger partial charge in [-0.15, -0.1) is 5.10 Å². The van der Waals surface area contributed by atoms with Crippen LogP contribution in [0.15, 0.2) is 49.4 Å². The van der Waals surface area contributed by atoms with Crippen LogP contribution in [-0.4, -0.2) is 96.7 Å². The van der Waals surface area contributed by atoms with E-state index in [1.165, 1.54) is 32.0 Å². The molecule has 1 saturated carbocycles. The number of rotatable bonds is 14. The molecule has 5 heterocycles. The van der Waals surface area contributed by atoms with E-state index in [4.69, 9.17) is 35.6 Å². The Balaban J connectivity index is 1.02. The Kier molecular flexibility index (Phi) is 10.6. The predicted molar refractivity (Wildman–Crippen MR) is 185 cm³/mol. The van der Waals surface area contributed by atoms with Crippen LogP contribution in [0.3, 0.4) is 0 Å². The molecule has 1 aromatic carbocycles. The summed E-state index contributed by atoms with van der Waals surface area (Å²) in [7, 11) is 1.71. The Bertz CT molecular complexity index is 1630. The smallest absolute Gasteiger partial charge is 0.256 e. The number of aromatic nitrogens is 7. The van der Waals surface area contributed by atoms with E-state index in [2.05, 4.69) is 34.9 Å². The summed E-state index contributed by atoms with van der Waals surface area (Å²) in [4.78, 5) is 16.0. The van der Waals surface area contributed by atoms with Crippen molar-refractivity contribution < 1.29 is 18.9 Å². The molecule has 4 atom stereocenters. The molecule has 1 aliphatic carbocycles. The highest BCUT2D eigenvalue weighted by Crippen LogP contribution is 2.39. The molecule has 3 fully saturated rings. The molecular weight excluding hydrogens is 646 g/mol. The van der Waals surface area contributed by atoms with Gasteiger partial charge in [0.15, 0.2) is 0 Å². The normalized spacial score (nSPS) is 23.7. The van der Waals surface area contributed by atoms with Crippen molar-refractivity contribution in [1.82, 2.24) is 39.4 Å². The van der Waals surface area contributed by atoms with E-state index in [0.717, 1.165) is 49.3 Å². The Morgan fingerprint density at radius 1 is 0.959 bits per heavy atom. The minimum atomic E-state index is -0.165. The average Bonchev–Trinajstić information content (AvgIpc) is 3.84. The van der Waals surface area contributed by atoms with Crippen LogP contribution >= 0.6 is 11.6 Å². The number of fused-ring (bicyclic) bond motifs is 2. The van der Waals surface area contributed by atoms with E-state index in [-0.39, 0.29) is 12.2 Å². The van der Waals surface area contributed by atoms with Crippen LogP contribution in [0, 0.1) is 0 Å². The molecule has 262 valence electrons. The number of nitrogens with one attached hydrogen (secondary N) is 1. The van der Waals surface area contributed by atoms with Crippen LogP contribution in [0.2, 0.25) is 5.02 Å². The molecular formula is C35H46ClN9O4. The summed E-state index contributed by atoms with van der Waals surface area (Å²) >= 11 is 6.48. The summed E-state index contributed by atoms with van der Waals surface area (Å²) in [6.07, 6.45) is 16.5. The lowest BCUT2D eigenvalue weighted by molar-refractivity contribution is -0.0458. The van der Waals surface area contributed by atoms with Crippen molar-refractivity contribution in [1.29, 1.82) is 0 Å². The summed E-state index contributed by atoms with van der Waals surface area (Å²) in [5.74, 6) is 1.58. The topological polar surface area (TPSA) is 127 Å². The molecule has 2 saturated heterocycles. The van der Waals surface area contributed by atoms with Gasteiger partial charge in [-0.05, 0) is 70.1 Å². The average molecular weight is 692 g/mol. The van der Waals surface area contributed by atoms with Crippen molar-refractivity contribution in [3.63, 3.8) is 0 Å². The lowest BCUT2D eigenvalue weighted by atomic mass is 9.89. The van der Waals surface area contributed by atoms with Gasteiger partial charge in [0, 0.05) is 49.6 Å². The van der Waals surface area contributed by atoms with Crippen molar-refractivity contribution >= 4 is 23.2 Å². The van der Waals surface area contributed by atoms with Gasteiger partial charge < -0.3 is 24.3 Å². The number of methoxy groups -OCH3 is 1. The van der Waals surface area contributed by atoms with Crippen molar-refractivity contribution in [2.75, 3.05) is 32.2 Å². The van der Waals surface area contributed by atoms with Gasteiger partial charge in [-0.25, -0.2) is 19.6 Å². The van der Waals surface area contributed by atoms with Gasteiger partial charge >= 0.3 is 0 Å². The number of halogens is 1. The summed E-state index contributed by atoms with van der Waals surface area (Å²) in [6, 6.07) is 7.79. The molecule has 49 heavy (non-hydrogen) atoms. The molecule has 3 aliphatic rings. The molecule has 14 heteroatoms. The second-order valence-electron chi connectivity index (χ2n) is 13.5. The first-order valence-electron chi connectivity index (χ1n) is 17.4. The second-order valence-corrected chi connectivity index (χ2v) is 13.9. The monoisotopic (exact) mass is 691 g/mol. The van der Waals surface area contributed by atoms with Gasteiger partial charge in [0.25, 0.3) is 5.88 Å². The van der Waals surface area contributed by atoms with E-state index < -0.39 is 0 Å². The number of benzene rings is 1. The number of nitrogens with zero attached hydrogens (tertiary/aromatic N) is 8. The molecule has 3 aromatic heterocycles. The van der Waals surface area contributed by atoms with Crippen molar-refractivity contribution in [2.45, 2.75) is 102 Å². The van der Waals surface area contributed by atoms with E-state index in [1.807, 2.05) is 38.2 Å². The Hall–Kier alpha value is -3.78. The predicted octanol–water partition coefficient (Wildman–Crippen LogP) is 5.95. The molecule has 13 nitrogen and oxygen atoms in total. The standard InChI is InChI=1S/C35H46ClN9O4/c1-23(46-3)12-13-48-34-32(18-44(42-34)27-5-7-28(8-6-27)45-29-9-10-30(45)20-47-19-29)41-35-38-15-26(16-39-35)25-4-11-31(36)33(14-25)49-24(2)17-43-22-37-21-40-43/h4,11,14-16,18,21-24,27-30H,5-10,12-13,17,19-20H2,1-3H3,(H,38,39,41)/t23-,24-,27?,28?,29-,30+/m0/s1. The first-order valence-corrected chi connectivity index (χ1v) is 17.8. The minimum absolute atomic E-state index is 0.0934. The fourth-order valence-corrected chi connectivity index (χ4v) is 7.51. The quantitative estimate of drug-likeness (QED) is 0.169. The largest absolute Gasteiger partial charge is 0.487 e. The van der Waals surface area contributed by atoms with E-state index in [9.17, 15) is 0 Å². The van der Waals surface area contributed by atoms with Gasteiger partial charge in [0.1, 0.15) is 30.2 Å². The van der Waals surface area contributed by atoms with Gasteiger partial charge in [-0.1, -0.05) is 17.7 Å². The Morgan fingerprint density at radius 3 is 2.41 bits per heavy atom. The van der Waals surface area contributed by atoms with Crippen molar-refractivity contribution in [2.24, 2.45) is 0 Å². The Morgan fingerprint density at radius 2 is 1.69 bits per heavy atom. The molecule has 0 spiro atoms.